The lowest BCUT2D eigenvalue weighted by molar-refractivity contribution is 0.372. The lowest BCUT2D eigenvalue weighted by Gasteiger charge is -2.20. The first-order valence-electron chi connectivity index (χ1n) is 10.7. The first-order valence-corrected chi connectivity index (χ1v) is 10.7. The second-order valence-corrected chi connectivity index (χ2v) is 7.88. The Morgan fingerprint density at radius 3 is 1.55 bits per heavy atom. The molecule has 0 aromatic heterocycles. The van der Waals surface area contributed by atoms with Crippen molar-refractivity contribution in [2.24, 2.45) is 0 Å². The molecular formula is C26H30O5. The monoisotopic (exact) mass is 422 g/mol. The highest BCUT2D eigenvalue weighted by Crippen LogP contribution is 2.42. The lowest BCUT2D eigenvalue weighted by Crippen LogP contribution is -2.06. The summed E-state index contributed by atoms with van der Waals surface area (Å²) in [6, 6.07) is 8.11. The largest absolute Gasteiger partial charge is 0.496 e. The van der Waals surface area contributed by atoms with Crippen LogP contribution in [0.3, 0.4) is 0 Å². The van der Waals surface area contributed by atoms with Crippen LogP contribution < -0.4 is 14.2 Å². The quantitative estimate of drug-likeness (QED) is 0.362. The van der Waals surface area contributed by atoms with E-state index in [0.717, 1.165) is 84.1 Å². The number of benzene rings is 2. The third-order valence-electron chi connectivity index (χ3n) is 5.62. The molecule has 31 heavy (non-hydrogen) atoms. The molecule has 2 fully saturated rings. The van der Waals surface area contributed by atoms with E-state index in [-0.39, 0.29) is 12.2 Å². The van der Waals surface area contributed by atoms with Crippen LogP contribution in [0.2, 0.25) is 0 Å². The predicted octanol–water partition coefficient (Wildman–Crippen LogP) is 4.84. The second kappa shape index (κ2) is 9.58. The molecule has 5 heteroatoms. The van der Waals surface area contributed by atoms with Gasteiger partial charge in [-0.05, 0) is 36.1 Å². The molecular weight excluding hydrogens is 392 g/mol. The van der Waals surface area contributed by atoms with Gasteiger partial charge in [-0.2, -0.15) is 0 Å². The average Bonchev–Trinajstić information content (AvgIpc) is 3.68. The van der Waals surface area contributed by atoms with E-state index in [1.807, 2.05) is 36.4 Å². The third kappa shape index (κ3) is 4.94. The Kier molecular flexibility index (Phi) is 6.64. The highest BCUT2D eigenvalue weighted by Gasteiger charge is 2.30. The number of allylic oxidation sites excluding steroid dienone is 2. The van der Waals surface area contributed by atoms with Gasteiger partial charge in [0.05, 0.1) is 39.6 Å². The zero-order valence-electron chi connectivity index (χ0n) is 18.3. The van der Waals surface area contributed by atoms with Crippen LogP contribution >= 0.6 is 0 Å². The van der Waals surface area contributed by atoms with Crippen molar-refractivity contribution >= 4 is 0 Å². The number of hydrogen-bond acceptors (Lipinski definition) is 5. The molecule has 0 saturated carbocycles. The zero-order valence-corrected chi connectivity index (χ0v) is 18.3. The van der Waals surface area contributed by atoms with Crippen LogP contribution in [0.25, 0.3) is 0 Å². The van der Waals surface area contributed by atoms with Crippen molar-refractivity contribution in [3.05, 3.63) is 71.8 Å². The molecule has 2 aromatic carbocycles. The fourth-order valence-corrected chi connectivity index (χ4v) is 3.98. The van der Waals surface area contributed by atoms with Crippen LogP contribution in [0.4, 0.5) is 0 Å². The Morgan fingerprint density at radius 1 is 0.806 bits per heavy atom. The van der Waals surface area contributed by atoms with Crippen molar-refractivity contribution in [1.29, 1.82) is 0 Å². The van der Waals surface area contributed by atoms with Crippen molar-refractivity contribution in [2.45, 2.75) is 37.9 Å². The highest BCUT2D eigenvalue weighted by molar-refractivity contribution is 5.56. The zero-order chi connectivity index (χ0) is 21.8. The molecule has 2 heterocycles. The number of methoxy groups -OCH3 is 2. The number of rotatable bonds is 12. The van der Waals surface area contributed by atoms with E-state index >= 15 is 0 Å². The van der Waals surface area contributed by atoms with Crippen molar-refractivity contribution < 1.29 is 23.7 Å². The Hall–Kier alpha value is -2.76. The van der Waals surface area contributed by atoms with E-state index in [1.54, 1.807) is 14.2 Å². The fraction of sp³-hybridized carbons (Fsp3) is 0.385. The van der Waals surface area contributed by atoms with Crippen molar-refractivity contribution in [1.82, 2.24) is 0 Å². The maximum atomic E-state index is 6.53. The summed E-state index contributed by atoms with van der Waals surface area (Å²) in [7, 11) is 3.40. The minimum Gasteiger partial charge on any atom is -0.496 e. The van der Waals surface area contributed by atoms with Gasteiger partial charge in [-0.15, -0.1) is 13.2 Å². The van der Waals surface area contributed by atoms with Crippen molar-refractivity contribution in [3.8, 4) is 23.0 Å². The molecule has 164 valence electrons. The number of ether oxygens (including phenoxy) is 5. The standard InChI is InChI=1S/C26H30O5/c1-5-7-17-9-11-23(21(25(17)27-3)13-19-15-29-19)31-24-12-10-18(8-6-2)26(28-4)22(24)14-20-16-30-20/h5-6,9-12,19-20H,1-2,7-8,13-16H2,3-4H3. The van der Waals surface area contributed by atoms with Crippen molar-refractivity contribution in [3.63, 3.8) is 0 Å². The number of hydrogen-bond donors (Lipinski definition) is 0. The minimum atomic E-state index is 0.207. The summed E-state index contributed by atoms with van der Waals surface area (Å²) in [5.74, 6) is 3.23. The molecule has 0 bridgehead atoms. The van der Waals surface area contributed by atoms with Gasteiger partial charge in [0.1, 0.15) is 23.0 Å². The van der Waals surface area contributed by atoms with E-state index in [0.29, 0.717) is 0 Å². The van der Waals surface area contributed by atoms with Gasteiger partial charge in [0.15, 0.2) is 0 Å². The summed E-state index contributed by atoms with van der Waals surface area (Å²) >= 11 is 0. The molecule has 0 aliphatic carbocycles. The van der Waals surface area contributed by atoms with Gasteiger partial charge >= 0.3 is 0 Å². The maximum absolute atomic E-state index is 6.53. The summed E-state index contributed by atoms with van der Waals surface area (Å²) in [5.41, 5.74) is 4.22. The van der Waals surface area contributed by atoms with Crippen LogP contribution in [-0.4, -0.2) is 39.6 Å². The lowest BCUT2D eigenvalue weighted by atomic mass is 9.99. The summed E-state index contributed by atoms with van der Waals surface area (Å²) in [6.45, 7) is 9.27. The van der Waals surface area contributed by atoms with E-state index in [9.17, 15) is 0 Å². The van der Waals surface area contributed by atoms with E-state index in [4.69, 9.17) is 23.7 Å². The third-order valence-corrected chi connectivity index (χ3v) is 5.62. The molecule has 2 saturated heterocycles. The topological polar surface area (TPSA) is 52.8 Å². The normalized spacial score (nSPS) is 18.9. The summed E-state index contributed by atoms with van der Waals surface area (Å²) in [6.07, 6.45) is 7.14. The van der Waals surface area contributed by atoms with Gasteiger partial charge in [0.2, 0.25) is 0 Å². The highest BCUT2D eigenvalue weighted by atomic mass is 16.6. The minimum absolute atomic E-state index is 0.207. The van der Waals surface area contributed by atoms with Gasteiger partial charge in [-0.25, -0.2) is 0 Å². The number of epoxide rings is 2. The van der Waals surface area contributed by atoms with Gasteiger partial charge in [0.25, 0.3) is 0 Å². The Morgan fingerprint density at radius 2 is 1.23 bits per heavy atom. The SMILES string of the molecule is C=CCc1ccc(Oc2ccc(CC=C)c(OC)c2CC2CO2)c(CC2CO2)c1OC. The van der Waals surface area contributed by atoms with Crippen LogP contribution in [0.1, 0.15) is 22.3 Å². The van der Waals surface area contributed by atoms with Crippen LogP contribution in [-0.2, 0) is 35.2 Å². The molecule has 4 rings (SSSR count). The van der Waals surface area contributed by atoms with E-state index < -0.39 is 0 Å². The average molecular weight is 423 g/mol. The molecule has 2 aliphatic rings. The van der Waals surface area contributed by atoms with Gasteiger partial charge in [0, 0.05) is 24.0 Å². The van der Waals surface area contributed by atoms with Crippen LogP contribution in [0.15, 0.2) is 49.6 Å². The Balaban J connectivity index is 1.75. The van der Waals surface area contributed by atoms with Gasteiger partial charge in [-0.3, -0.25) is 0 Å². The molecule has 5 nitrogen and oxygen atoms in total. The van der Waals surface area contributed by atoms with Crippen LogP contribution in [0.5, 0.6) is 23.0 Å². The molecule has 2 atom stereocenters. The van der Waals surface area contributed by atoms with Crippen molar-refractivity contribution in [2.75, 3.05) is 27.4 Å². The smallest absolute Gasteiger partial charge is 0.134 e. The molecule has 2 aliphatic heterocycles. The summed E-state index contributed by atoms with van der Waals surface area (Å²) in [5, 5.41) is 0. The second-order valence-electron chi connectivity index (χ2n) is 7.88. The molecule has 0 N–H and O–H groups in total. The molecule has 0 radical (unpaired) electrons. The molecule has 2 unspecified atom stereocenters. The molecule has 0 spiro atoms. The van der Waals surface area contributed by atoms with E-state index in [1.165, 1.54) is 0 Å². The summed E-state index contributed by atoms with van der Waals surface area (Å²) in [4.78, 5) is 0. The Bertz CT molecular complexity index is 879. The fourth-order valence-electron chi connectivity index (χ4n) is 3.98. The summed E-state index contributed by atoms with van der Waals surface area (Å²) < 4.78 is 29.1. The molecule has 2 aromatic rings. The van der Waals surface area contributed by atoms with Gasteiger partial charge < -0.3 is 23.7 Å². The van der Waals surface area contributed by atoms with E-state index in [2.05, 4.69) is 13.2 Å². The predicted molar refractivity (Wildman–Crippen MR) is 121 cm³/mol. The van der Waals surface area contributed by atoms with Gasteiger partial charge in [-0.1, -0.05) is 24.3 Å². The first-order chi connectivity index (χ1) is 15.2. The Labute approximate surface area is 184 Å². The molecule has 0 amide bonds. The first kappa shape index (κ1) is 21.5. The van der Waals surface area contributed by atoms with Crippen LogP contribution in [0, 0.1) is 0 Å². The maximum Gasteiger partial charge on any atom is 0.134 e.